The van der Waals surface area contributed by atoms with E-state index in [0.29, 0.717) is 56.3 Å². The molecule has 0 unspecified atom stereocenters. The zero-order valence-corrected chi connectivity index (χ0v) is 18.6. The molecule has 4 rings (SSSR count). The molecule has 2 saturated heterocycles. The maximum absolute atomic E-state index is 13.3. The average Bonchev–Trinajstić information content (AvgIpc) is 3.19. The van der Waals surface area contributed by atoms with Crippen LogP contribution in [0.15, 0.2) is 30.5 Å². The normalized spacial score (nSPS) is 16.2. The van der Waals surface area contributed by atoms with Crippen molar-refractivity contribution in [2.24, 2.45) is 0 Å². The van der Waals surface area contributed by atoms with Crippen molar-refractivity contribution in [3.63, 3.8) is 0 Å². The Hall–Kier alpha value is -3.62. The van der Waals surface area contributed by atoms with Crippen LogP contribution in [0.25, 0.3) is 0 Å². The van der Waals surface area contributed by atoms with E-state index in [0.717, 1.165) is 16.9 Å². The highest BCUT2D eigenvalue weighted by molar-refractivity contribution is 6.05. The van der Waals surface area contributed by atoms with Crippen LogP contribution in [0.1, 0.15) is 28.4 Å². The SMILES string of the molecule is CC(=O)Nc1cc(N2CCOC2=O)ccc1C(=O)N1CCN(c2ncc(C)cc2C)CC1. The Balaban J connectivity index is 1.51. The number of amides is 3. The van der Waals surface area contributed by atoms with Crippen LogP contribution in [-0.4, -0.2) is 67.1 Å². The van der Waals surface area contributed by atoms with Crippen LogP contribution in [0.2, 0.25) is 0 Å². The molecule has 1 aromatic heterocycles. The summed E-state index contributed by atoms with van der Waals surface area (Å²) in [4.78, 5) is 47.0. The van der Waals surface area contributed by atoms with Crippen LogP contribution < -0.4 is 15.1 Å². The second-order valence-electron chi connectivity index (χ2n) is 8.11. The maximum Gasteiger partial charge on any atom is 0.414 e. The minimum Gasteiger partial charge on any atom is -0.447 e. The van der Waals surface area contributed by atoms with E-state index in [2.05, 4.69) is 21.3 Å². The summed E-state index contributed by atoms with van der Waals surface area (Å²) in [5, 5.41) is 2.73. The first-order valence-electron chi connectivity index (χ1n) is 10.7. The number of hydrogen-bond donors (Lipinski definition) is 1. The first kappa shape index (κ1) is 21.6. The number of ether oxygens (including phenoxy) is 1. The highest BCUT2D eigenvalue weighted by Gasteiger charge is 2.28. The summed E-state index contributed by atoms with van der Waals surface area (Å²) in [6.45, 7) is 8.65. The second kappa shape index (κ2) is 8.86. The van der Waals surface area contributed by atoms with E-state index in [1.54, 1.807) is 23.1 Å². The van der Waals surface area contributed by atoms with Crippen molar-refractivity contribution < 1.29 is 19.1 Å². The molecule has 1 aromatic carbocycles. The van der Waals surface area contributed by atoms with E-state index in [9.17, 15) is 14.4 Å². The van der Waals surface area contributed by atoms with E-state index in [1.165, 1.54) is 11.8 Å². The molecule has 2 aliphatic rings. The molecule has 0 aliphatic carbocycles. The Kier molecular flexibility index (Phi) is 5.98. The number of anilines is 3. The number of aryl methyl sites for hydroxylation is 2. The van der Waals surface area contributed by atoms with Gasteiger partial charge in [-0.2, -0.15) is 0 Å². The average molecular weight is 438 g/mol. The number of nitrogens with one attached hydrogen (secondary N) is 1. The van der Waals surface area contributed by atoms with Crippen molar-refractivity contribution in [3.05, 3.63) is 47.2 Å². The van der Waals surface area contributed by atoms with Crippen molar-refractivity contribution in [1.29, 1.82) is 0 Å². The molecule has 32 heavy (non-hydrogen) atoms. The molecule has 0 bridgehead atoms. The fourth-order valence-electron chi connectivity index (χ4n) is 4.14. The first-order valence-corrected chi connectivity index (χ1v) is 10.7. The molecule has 9 heteroatoms. The number of pyridine rings is 1. The van der Waals surface area contributed by atoms with Gasteiger partial charge in [-0.3, -0.25) is 14.5 Å². The van der Waals surface area contributed by atoms with Gasteiger partial charge in [-0.05, 0) is 43.2 Å². The topological polar surface area (TPSA) is 95.1 Å². The number of carbonyl (C=O) groups is 3. The molecule has 3 amide bonds. The van der Waals surface area contributed by atoms with Crippen molar-refractivity contribution in [1.82, 2.24) is 9.88 Å². The number of nitrogens with zero attached hydrogens (tertiary/aromatic N) is 4. The lowest BCUT2D eigenvalue weighted by molar-refractivity contribution is -0.114. The van der Waals surface area contributed by atoms with E-state index < -0.39 is 6.09 Å². The van der Waals surface area contributed by atoms with Gasteiger partial charge in [0, 0.05) is 45.0 Å². The maximum atomic E-state index is 13.3. The Morgan fingerprint density at radius 1 is 1.06 bits per heavy atom. The summed E-state index contributed by atoms with van der Waals surface area (Å²) in [5.74, 6) is 0.506. The summed E-state index contributed by atoms with van der Waals surface area (Å²) in [6.07, 6.45) is 1.42. The van der Waals surface area contributed by atoms with Gasteiger partial charge in [0.05, 0.1) is 17.8 Å². The predicted molar refractivity (Wildman–Crippen MR) is 121 cm³/mol. The van der Waals surface area contributed by atoms with Crippen molar-refractivity contribution >= 4 is 35.1 Å². The molecule has 168 valence electrons. The van der Waals surface area contributed by atoms with Gasteiger partial charge in [0.15, 0.2) is 0 Å². The van der Waals surface area contributed by atoms with Gasteiger partial charge in [-0.1, -0.05) is 6.07 Å². The van der Waals surface area contributed by atoms with Gasteiger partial charge in [0.2, 0.25) is 5.91 Å². The van der Waals surface area contributed by atoms with Gasteiger partial charge in [-0.15, -0.1) is 0 Å². The quantitative estimate of drug-likeness (QED) is 0.790. The van der Waals surface area contributed by atoms with Crippen molar-refractivity contribution in [3.8, 4) is 0 Å². The predicted octanol–water partition coefficient (Wildman–Crippen LogP) is 2.58. The van der Waals surface area contributed by atoms with E-state index in [-0.39, 0.29) is 11.8 Å². The highest BCUT2D eigenvalue weighted by Crippen LogP contribution is 2.28. The fourth-order valence-corrected chi connectivity index (χ4v) is 4.14. The Morgan fingerprint density at radius 3 is 2.44 bits per heavy atom. The number of hydrogen-bond acceptors (Lipinski definition) is 6. The minimum absolute atomic E-state index is 0.155. The fraction of sp³-hybridized carbons (Fsp3) is 0.391. The van der Waals surface area contributed by atoms with Crippen molar-refractivity contribution in [2.45, 2.75) is 20.8 Å². The third-order valence-electron chi connectivity index (χ3n) is 5.67. The number of cyclic esters (lactones) is 1. The number of piperazine rings is 1. The number of rotatable bonds is 4. The third kappa shape index (κ3) is 4.37. The molecule has 3 heterocycles. The van der Waals surface area contributed by atoms with Crippen LogP contribution in [-0.2, 0) is 9.53 Å². The summed E-state index contributed by atoms with van der Waals surface area (Å²) in [7, 11) is 0. The molecule has 0 spiro atoms. The molecule has 2 aliphatic heterocycles. The molecule has 1 N–H and O–H groups in total. The smallest absolute Gasteiger partial charge is 0.414 e. The van der Waals surface area contributed by atoms with Gasteiger partial charge in [-0.25, -0.2) is 9.78 Å². The minimum atomic E-state index is -0.436. The molecule has 9 nitrogen and oxygen atoms in total. The van der Waals surface area contributed by atoms with Crippen LogP contribution >= 0.6 is 0 Å². The van der Waals surface area contributed by atoms with Gasteiger partial charge in [0.25, 0.3) is 5.91 Å². The summed E-state index contributed by atoms with van der Waals surface area (Å²) in [6, 6.07) is 7.13. The van der Waals surface area contributed by atoms with Gasteiger partial charge in [0.1, 0.15) is 12.4 Å². The molecular weight excluding hydrogens is 410 g/mol. The van der Waals surface area contributed by atoms with E-state index >= 15 is 0 Å². The molecule has 0 radical (unpaired) electrons. The Morgan fingerprint density at radius 2 is 1.81 bits per heavy atom. The van der Waals surface area contributed by atoms with E-state index in [1.807, 2.05) is 20.0 Å². The molecule has 2 aromatic rings. The molecule has 0 atom stereocenters. The first-order chi connectivity index (χ1) is 15.3. The van der Waals surface area contributed by atoms with Crippen molar-refractivity contribution in [2.75, 3.05) is 54.4 Å². The van der Waals surface area contributed by atoms with Crippen LogP contribution in [0.4, 0.5) is 22.0 Å². The lowest BCUT2D eigenvalue weighted by Crippen LogP contribution is -2.49. The summed E-state index contributed by atoms with van der Waals surface area (Å²) >= 11 is 0. The number of aromatic nitrogens is 1. The van der Waals surface area contributed by atoms with Crippen LogP contribution in [0.5, 0.6) is 0 Å². The van der Waals surface area contributed by atoms with E-state index in [4.69, 9.17) is 4.74 Å². The number of benzene rings is 1. The monoisotopic (exact) mass is 437 g/mol. The molecule has 2 fully saturated rings. The lowest BCUT2D eigenvalue weighted by atomic mass is 10.1. The molecule has 0 saturated carbocycles. The lowest BCUT2D eigenvalue weighted by Gasteiger charge is -2.36. The standard InChI is InChI=1S/C23H27N5O4/c1-15-12-16(2)21(24-14-15)26-6-8-27(9-7-26)22(30)19-5-4-18(13-20(19)25-17(3)29)28-10-11-32-23(28)31/h4-5,12-14H,6-11H2,1-3H3,(H,25,29). The second-order valence-corrected chi connectivity index (χ2v) is 8.11. The summed E-state index contributed by atoms with van der Waals surface area (Å²) < 4.78 is 4.99. The van der Waals surface area contributed by atoms with Crippen LogP contribution in [0, 0.1) is 13.8 Å². The Labute approximate surface area is 187 Å². The molecular formula is C23H27N5O4. The zero-order valence-electron chi connectivity index (χ0n) is 18.6. The summed E-state index contributed by atoms with van der Waals surface area (Å²) in [5.41, 5.74) is 3.61. The van der Waals surface area contributed by atoms with Gasteiger partial charge >= 0.3 is 6.09 Å². The number of carbonyl (C=O) groups excluding carboxylic acids is 3. The highest BCUT2D eigenvalue weighted by atomic mass is 16.6. The van der Waals surface area contributed by atoms with Gasteiger partial charge < -0.3 is 19.9 Å². The zero-order chi connectivity index (χ0) is 22.8. The Bertz CT molecular complexity index is 1060. The largest absolute Gasteiger partial charge is 0.447 e. The third-order valence-corrected chi connectivity index (χ3v) is 5.67. The van der Waals surface area contributed by atoms with Crippen LogP contribution in [0.3, 0.4) is 0 Å².